The second-order valence-electron chi connectivity index (χ2n) is 6.06. The highest BCUT2D eigenvalue weighted by Crippen LogP contribution is 2.27. The first-order valence-corrected chi connectivity index (χ1v) is 9.03. The molecule has 1 heterocycles. The van der Waals surface area contributed by atoms with Crippen LogP contribution >= 0.6 is 23.2 Å². The van der Waals surface area contributed by atoms with Gasteiger partial charge in [-0.3, -0.25) is 4.99 Å². The van der Waals surface area contributed by atoms with Crippen LogP contribution in [0.2, 0.25) is 10.0 Å². The van der Waals surface area contributed by atoms with E-state index in [0.29, 0.717) is 15.6 Å². The standard InChI is InChI=1S/C21H18Cl2N2O2/c1-13-10-16(12-24-17-6-9-19(22)20(23)11-17)14(2)25(13)18-7-4-15(5-8-18)21(26)27-3/h4-12H,1-3H3. The second-order valence-corrected chi connectivity index (χ2v) is 6.87. The zero-order valence-corrected chi connectivity index (χ0v) is 16.7. The van der Waals surface area contributed by atoms with Crippen LogP contribution in [0.3, 0.4) is 0 Å². The Morgan fingerprint density at radius 1 is 1.04 bits per heavy atom. The Morgan fingerprint density at radius 2 is 1.74 bits per heavy atom. The molecular weight excluding hydrogens is 383 g/mol. The summed E-state index contributed by atoms with van der Waals surface area (Å²) in [7, 11) is 1.37. The van der Waals surface area contributed by atoms with Gasteiger partial charge in [-0.1, -0.05) is 23.2 Å². The van der Waals surface area contributed by atoms with Gasteiger partial charge in [-0.05, 0) is 62.4 Å². The summed E-state index contributed by atoms with van der Waals surface area (Å²) < 4.78 is 6.85. The quantitative estimate of drug-likeness (QED) is 0.401. The lowest BCUT2D eigenvalue weighted by Crippen LogP contribution is -2.03. The molecule has 27 heavy (non-hydrogen) atoms. The molecule has 0 aliphatic rings. The lowest BCUT2D eigenvalue weighted by Gasteiger charge is -2.10. The van der Waals surface area contributed by atoms with E-state index in [1.54, 1.807) is 30.5 Å². The summed E-state index contributed by atoms with van der Waals surface area (Å²) in [5.74, 6) is -0.350. The van der Waals surface area contributed by atoms with Crippen molar-refractivity contribution < 1.29 is 9.53 Å². The second kappa shape index (κ2) is 7.99. The molecule has 0 spiro atoms. The van der Waals surface area contributed by atoms with Crippen LogP contribution in [0, 0.1) is 13.8 Å². The number of aromatic nitrogens is 1. The molecule has 0 saturated carbocycles. The minimum Gasteiger partial charge on any atom is -0.465 e. The SMILES string of the molecule is COC(=O)c1ccc(-n2c(C)cc(C=Nc3ccc(Cl)c(Cl)c3)c2C)cc1. The van der Waals surface area contributed by atoms with E-state index in [4.69, 9.17) is 27.9 Å². The maximum absolute atomic E-state index is 11.6. The van der Waals surface area contributed by atoms with Crippen molar-refractivity contribution in [3.63, 3.8) is 0 Å². The Bertz CT molecular complexity index is 1020. The Balaban J connectivity index is 1.91. The lowest BCUT2D eigenvalue weighted by molar-refractivity contribution is 0.0601. The van der Waals surface area contributed by atoms with Crippen LogP contribution in [0.1, 0.15) is 27.3 Å². The molecule has 0 saturated heterocycles. The van der Waals surface area contributed by atoms with Gasteiger partial charge in [0.25, 0.3) is 0 Å². The molecule has 0 fully saturated rings. The van der Waals surface area contributed by atoms with Gasteiger partial charge >= 0.3 is 5.97 Å². The monoisotopic (exact) mass is 400 g/mol. The summed E-state index contributed by atoms with van der Waals surface area (Å²) in [5.41, 5.74) is 5.32. The molecule has 0 aliphatic carbocycles. The van der Waals surface area contributed by atoms with Crippen LogP contribution in [0.25, 0.3) is 5.69 Å². The third kappa shape index (κ3) is 4.07. The number of benzene rings is 2. The van der Waals surface area contributed by atoms with Gasteiger partial charge in [-0.25, -0.2) is 4.79 Å². The molecule has 0 amide bonds. The van der Waals surface area contributed by atoms with Crippen LogP contribution in [0.5, 0.6) is 0 Å². The molecule has 4 nitrogen and oxygen atoms in total. The van der Waals surface area contributed by atoms with E-state index >= 15 is 0 Å². The highest BCUT2D eigenvalue weighted by molar-refractivity contribution is 6.42. The van der Waals surface area contributed by atoms with E-state index in [1.165, 1.54) is 7.11 Å². The summed E-state index contributed by atoms with van der Waals surface area (Å²) in [4.78, 5) is 16.1. The Labute approximate surface area is 168 Å². The predicted molar refractivity (Wildman–Crippen MR) is 110 cm³/mol. The minimum absolute atomic E-state index is 0.350. The highest BCUT2D eigenvalue weighted by Gasteiger charge is 2.11. The third-order valence-electron chi connectivity index (χ3n) is 4.27. The summed E-state index contributed by atoms with van der Waals surface area (Å²) in [6.45, 7) is 4.05. The van der Waals surface area contributed by atoms with E-state index in [9.17, 15) is 4.79 Å². The van der Waals surface area contributed by atoms with E-state index in [0.717, 1.165) is 28.3 Å². The van der Waals surface area contributed by atoms with E-state index in [1.807, 2.05) is 32.0 Å². The number of hydrogen-bond donors (Lipinski definition) is 0. The number of methoxy groups -OCH3 is 1. The lowest BCUT2D eigenvalue weighted by atomic mass is 10.2. The van der Waals surface area contributed by atoms with Crippen molar-refractivity contribution in [3.8, 4) is 5.69 Å². The summed E-state index contributed by atoms with van der Waals surface area (Å²) >= 11 is 12.0. The zero-order valence-electron chi connectivity index (χ0n) is 15.2. The first-order valence-electron chi connectivity index (χ1n) is 8.27. The van der Waals surface area contributed by atoms with E-state index < -0.39 is 0 Å². The number of halogens is 2. The highest BCUT2D eigenvalue weighted by atomic mass is 35.5. The van der Waals surface area contributed by atoms with Gasteiger partial charge < -0.3 is 9.30 Å². The van der Waals surface area contributed by atoms with Crippen molar-refractivity contribution in [2.45, 2.75) is 13.8 Å². The summed E-state index contributed by atoms with van der Waals surface area (Å²) in [5, 5.41) is 0.978. The number of nitrogens with zero attached hydrogens (tertiary/aromatic N) is 2. The van der Waals surface area contributed by atoms with Crippen LogP contribution in [-0.2, 0) is 4.74 Å². The first kappa shape index (κ1) is 19.2. The van der Waals surface area contributed by atoms with Crippen molar-refractivity contribution >= 4 is 41.1 Å². The van der Waals surface area contributed by atoms with Gasteiger partial charge in [0.05, 0.1) is 28.4 Å². The maximum Gasteiger partial charge on any atom is 0.337 e. The summed E-state index contributed by atoms with van der Waals surface area (Å²) in [6, 6.07) is 14.6. The number of ether oxygens (including phenoxy) is 1. The fraction of sp³-hybridized carbons (Fsp3) is 0.143. The number of rotatable bonds is 4. The Hall–Kier alpha value is -2.56. The molecule has 0 bridgehead atoms. The molecule has 0 N–H and O–H groups in total. The molecule has 0 radical (unpaired) electrons. The average Bonchev–Trinajstić information content (AvgIpc) is 2.95. The topological polar surface area (TPSA) is 43.6 Å². The van der Waals surface area contributed by atoms with Crippen LogP contribution in [-0.4, -0.2) is 23.9 Å². The molecular formula is C21H18Cl2N2O2. The van der Waals surface area contributed by atoms with Crippen LogP contribution in [0.4, 0.5) is 5.69 Å². The number of aryl methyl sites for hydroxylation is 1. The maximum atomic E-state index is 11.6. The largest absolute Gasteiger partial charge is 0.465 e. The number of hydrogen-bond acceptors (Lipinski definition) is 3. The van der Waals surface area contributed by atoms with Crippen molar-refractivity contribution in [1.29, 1.82) is 0 Å². The van der Waals surface area contributed by atoms with Crippen molar-refractivity contribution in [2.75, 3.05) is 7.11 Å². The molecule has 1 aromatic heterocycles. The van der Waals surface area contributed by atoms with Gasteiger partial charge in [0.2, 0.25) is 0 Å². The van der Waals surface area contributed by atoms with Crippen LogP contribution < -0.4 is 0 Å². The average molecular weight is 401 g/mol. The third-order valence-corrected chi connectivity index (χ3v) is 5.01. The number of esters is 1. The van der Waals surface area contributed by atoms with Crippen molar-refractivity contribution in [2.24, 2.45) is 4.99 Å². The summed E-state index contributed by atoms with van der Waals surface area (Å²) in [6.07, 6.45) is 1.81. The molecule has 0 atom stereocenters. The Kier molecular flexibility index (Phi) is 5.68. The number of aliphatic imine (C=N–C) groups is 1. The minimum atomic E-state index is -0.350. The first-order chi connectivity index (χ1) is 12.9. The van der Waals surface area contributed by atoms with Gasteiger partial charge in [0, 0.05) is 28.9 Å². The molecule has 138 valence electrons. The number of carbonyl (C=O) groups excluding carboxylic acids is 1. The van der Waals surface area contributed by atoms with Gasteiger partial charge in [0.15, 0.2) is 0 Å². The van der Waals surface area contributed by atoms with E-state index in [-0.39, 0.29) is 5.97 Å². The molecule has 2 aromatic carbocycles. The van der Waals surface area contributed by atoms with Crippen LogP contribution in [0.15, 0.2) is 53.5 Å². The normalized spacial score (nSPS) is 11.1. The predicted octanol–water partition coefficient (Wildman–Crippen LogP) is 5.94. The molecule has 0 unspecified atom stereocenters. The molecule has 3 aromatic rings. The van der Waals surface area contributed by atoms with Gasteiger partial charge in [0.1, 0.15) is 0 Å². The Morgan fingerprint density at radius 3 is 2.37 bits per heavy atom. The van der Waals surface area contributed by atoms with Gasteiger partial charge in [-0.2, -0.15) is 0 Å². The molecule has 6 heteroatoms. The number of carbonyl (C=O) groups is 1. The fourth-order valence-corrected chi connectivity index (χ4v) is 3.18. The van der Waals surface area contributed by atoms with Crippen molar-refractivity contribution in [1.82, 2.24) is 4.57 Å². The smallest absolute Gasteiger partial charge is 0.337 e. The molecule has 3 rings (SSSR count). The fourth-order valence-electron chi connectivity index (χ4n) is 2.89. The zero-order chi connectivity index (χ0) is 19.6. The van der Waals surface area contributed by atoms with Gasteiger partial charge in [-0.15, -0.1) is 0 Å². The molecule has 0 aliphatic heterocycles. The van der Waals surface area contributed by atoms with E-state index in [2.05, 4.69) is 15.6 Å². The van der Waals surface area contributed by atoms with Crippen molar-refractivity contribution in [3.05, 3.63) is 81.1 Å².